The Bertz CT molecular complexity index is 396. The van der Waals surface area contributed by atoms with Crippen LogP contribution < -0.4 is 11.3 Å². The van der Waals surface area contributed by atoms with E-state index in [9.17, 15) is 8.78 Å². The van der Waals surface area contributed by atoms with Crippen LogP contribution in [0.1, 0.15) is 24.4 Å². The third-order valence-corrected chi connectivity index (χ3v) is 3.16. The molecule has 2 atom stereocenters. The van der Waals surface area contributed by atoms with E-state index >= 15 is 0 Å². The van der Waals surface area contributed by atoms with Crippen molar-refractivity contribution >= 4 is 0 Å². The van der Waals surface area contributed by atoms with E-state index in [2.05, 4.69) is 5.43 Å². The number of nitrogens with one attached hydrogen (secondary N) is 1. The number of benzene rings is 1. The molecule has 0 aliphatic heterocycles. The summed E-state index contributed by atoms with van der Waals surface area (Å²) >= 11 is 0. The maximum Gasteiger partial charge on any atom is 0.128 e. The fraction of sp³-hybridized carbons (Fsp3) is 0.500. The van der Waals surface area contributed by atoms with Gasteiger partial charge in [0.15, 0.2) is 0 Å². The van der Waals surface area contributed by atoms with Crippen molar-refractivity contribution in [3.05, 3.63) is 35.4 Å². The molecule has 0 aromatic heterocycles. The Hall–Kier alpha value is -1.04. The number of methoxy groups -OCH3 is 1. The van der Waals surface area contributed by atoms with Crippen molar-refractivity contribution in [1.82, 2.24) is 5.43 Å². The molecule has 0 amide bonds. The summed E-state index contributed by atoms with van der Waals surface area (Å²) in [4.78, 5) is 0. The molecule has 1 fully saturated rings. The van der Waals surface area contributed by atoms with E-state index in [4.69, 9.17) is 10.6 Å². The van der Waals surface area contributed by atoms with Crippen LogP contribution in [0.3, 0.4) is 0 Å². The van der Waals surface area contributed by atoms with E-state index in [1.54, 1.807) is 7.11 Å². The second-order valence-corrected chi connectivity index (χ2v) is 4.35. The molecule has 5 heteroatoms. The standard InChI is InChI=1S/C12H16F2N2O/c1-17-12(7-2-3-7)11(16-15)9-6-8(13)4-5-10(9)14/h4-7,11-12,16H,2-3,15H2,1H3. The molecule has 1 aromatic carbocycles. The highest BCUT2D eigenvalue weighted by atomic mass is 19.1. The second-order valence-electron chi connectivity index (χ2n) is 4.35. The Kier molecular flexibility index (Phi) is 3.71. The van der Waals surface area contributed by atoms with Gasteiger partial charge in [0.25, 0.3) is 0 Å². The van der Waals surface area contributed by atoms with Gasteiger partial charge in [-0.1, -0.05) is 0 Å². The molecule has 0 radical (unpaired) electrons. The van der Waals surface area contributed by atoms with Crippen LogP contribution in [0.25, 0.3) is 0 Å². The molecule has 0 heterocycles. The summed E-state index contributed by atoms with van der Waals surface area (Å²) in [6.07, 6.45) is 1.85. The highest BCUT2D eigenvalue weighted by Crippen LogP contribution is 2.40. The average molecular weight is 242 g/mol. The van der Waals surface area contributed by atoms with Gasteiger partial charge in [-0.05, 0) is 37.0 Å². The van der Waals surface area contributed by atoms with Crippen LogP contribution in [0.15, 0.2) is 18.2 Å². The van der Waals surface area contributed by atoms with Gasteiger partial charge in [0.05, 0.1) is 12.1 Å². The summed E-state index contributed by atoms with van der Waals surface area (Å²) < 4.78 is 32.2. The van der Waals surface area contributed by atoms with Gasteiger partial charge in [0, 0.05) is 12.7 Å². The summed E-state index contributed by atoms with van der Waals surface area (Å²) in [5.41, 5.74) is 2.74. The van der Waals surface area contributed by atoms with Gasteiger partial charge in [-0.15, -0.1) is 0 Å². The summed E-state index contributed by atoms with van der Waals surface area (Å²) in [6.45, 7) is 0. The van der Waals surface area contributed by atoms with Crippen molar-refractivity contribution in [2.45, 2.75) is 25.0 Å². The van der Waals surface area contributed by atoms with Gasteiger partial charge < -0.3 is 4.74 Å². The molecule has 0 saturated heterocycles. The largest absolute Gasteiger partial charge is 0.379 e. The predicted octanol–water partition coefficient (Wildman–Crippen LogP) is 1.89. The van der Waals surface area contributed by atoms with E-state index in [0.29, 0.717) is 5.92 Å². The quantitative estimate of drug-likeness (QED) is 0.612. The first kappa shape index (κ1) is 12.4. The zero-order valence-electron chi connectivity index (χ0n) is 9.62. The molecule has 94 valence electrons. The fourth-order valence-electron chi connectivity index (χ4n) is 2.14. The van der Waals surface area contributed by atoms with Crippen LogP contribution >= 0.6 is 0 Å². The number of halogens is 2. The Labute approximate surface area is 98.9 Å². The molecule has 0 spiro atoms. The van der Waals surface area contributed by atoms with Gasteiger partial charge >= 0.3 is 0 Å². The maximum atomic E-state index is 13.7. The number of hydrogen-bond donors (Lipinski definition) is 2. The first-order valence-corrected chi connectivity index (χ1v) is 5.61. The minimum absolute atomic E-state index is 0.214. The molecule has 1 aliphatic rings. The molecule has 1 saturated carbocycles. The predicted molar refractivity (Wildman–Crippen MR) is 59.9 cm³/mol. The lowest BCUT2D eigenvalue weighted by Crippen LogP contribution is -2.39. The van der Waals surface area contributed by atoms with E-state index in [0.717, 1.165) is 31.0 Å². The number of ether oxygens (including phenoxy) is 1. The van der Waals surface area contributed by atoms with Gasteiger partial charge in [0.2, 0.25) is 0 Å². The van der Waals surface area contributed by atoms with Crippen LogP contribution in [-0.2, 0) is 4.74 Å². The van der Waals surface area contributed by atoms with E-state index in [-0.39, 0.29) is 11.7 Å². The molecule has 0 bridgehead atoms. The minimum atomic E-state index is -0.525. The van der Waals surface area contributed by atoms with E-state index < -0.39 is 17.7 Å². The van der Waals surface area contributed by atoms with Crippen LogP contribution in [0.4, 0.5) is 8.78 Å². The summed E-state index contributed by atoms with van der Waals surface area (Å²) in [6, 6.07) is 2.83. The maximum absolute atomic E-state index is 13.7. The molecule has 2 unspecified atom stereocenters. The van der Waals surface area contributed by atoms with Crippen molar-refractivity contribution in [1.29, 1.82) is 0 Å². The SMILES string of the molecule is COC(C1CC1)C(NN)c1cc(F)ccc1F. The molecule has 17 heavy (non-hydrogen) atoms. The number of hydrazine groups is 1. The highest BCUT2D eigenvalue weighted by molar-refractivity contribution is 5.24. The number of nitrogens with two attached hydrogens (primary N) is 1. The van der Waals surface area contributed by atoms with Crippen molar-refractivity contribution in [2.75, 3.05) is 7.11 Å². The summed E-state index contributed by atoms with van der Waals surface area (Å²) in [5, 5.41) is 0. The Morgan fingerprint density at radius 2 is 2.12 bits per heavy atom. The number of rotatable bonds is 5. The Morgan fingerprint density at radius 1 is 1.41 bits per heavy atom. The van der Waals surface area contributed by atoms with Crippen molar-refractivity contribution in [3.63, 3.8) is 0 Å². The zero-order chi connectivity index (χ0) is 12.4. The minimum Gasteiger partial charge on any atom is -0.379 e. The van der Waals surface area contributed by atoms with Gasteiger partial charge in [-0.3, -0.25) is 11.3 Å². The smallest absolute Gasteiger partial charge is 0.128 e. The third-order valence-electron chi connectivity index (χ3n) is 3.16. The first-order chi connectivity index (χ1) is 8.17. The summed E-state index contributed by atoms with van der Waals surface area (Å²) in [5.74, 6) is 4.86. The van der Waals surface area contributed by atoms with Crippen LogP contribution in [-0.4, -0.2) is 13.2 Å². The van der Waals surface area contributed by atoms with Crippen molar-refractivity contribution in [3.8, 4) is 0 Å². The average Bonchev–Trinajstić information content (AvgIpc) is 3.13. The number of hydrogen-bond acceptors (Lipinski definition) is 3. The Morgan fingerprint density at radius 3 is 2.65 bits per heavy atom. The lowest BCUT2D eigenvalue weighted by molar-refractivity contribution is 0.0495. The fourth-order valence-corrected chi connectivity index (χ4v) is 2.14. The molecule has 1 aromatic rings. The molecule has 1 aliphatic carbocycles. The third kappa shape index (κ3) is 2.62. The van der Waals surface area contributed by atoms with Gasteiger partial charge in [-0.25, -0.2) is 8.78 Å². The van der Waals surface area contributed by atoms with Gasteiger partial charge in [0.1, 0.15) is 11.6 Å². The van der Waals surface area contributed by atoms with Crippen molar-refractivity contribution < 1.29 is 13.5 Å². The molecular formula is C12H16F2N2O. The first-order valence-electron chi connectivity index (χ1n) is 5.61. The molecular weight excluding hydrogens is 226 g/mol. The zero-order valence-corrected chi connectivity index (χ0v) is 9.62. The molecule has 3 N–H and O–H groups in total. The molecule has 2 rings (SSSR count). The monoisotopic (exact) mass is 242 g/mol. The lowest BCUT2D eigenvalue weighted by atomic mass is 9.98. The normalized spacial score (nSPS) is 19.1. The topological polar surface area (TPSA) is 47.3 Å². The van der Waals surface area contributed by atoms with Crippen LogP contribution in [0.2, 0.25) is 0 Å². The van der Waals surface area contributed by atoms with Crippen molar-refractivity contribution in [2.24, 2.45) is 11.8 Å². The second kappa shape index (κ2) is 5.08. The van der Waals surface area contributed by atoms with Crippen LogP contribution in [0.5, 0.6) is 0 Å². The Balaban J connectivity index is 2.29. The van der Waals surface area contributed by atoms with E-state index in [1.807, 2.05) is 0 Å². The summed E-state index contributed by atoms with van der Waals surface area (Å²) in [7, 11) is 1.56. The molecule has 3 nitrogen and oxygen atoms in total. The van der Waals surface area contributed by atoms with Gasteiger partial charge in [-0.2, -0.15) is 0 Å². The highest BCUT2D eigenvalue weighted by Gasteiger charge is 2.38. The van der Waals surface area contributed by atoms with Crippen LogP contribution in [0, 0.1) is 17.6 Å². The lowest BCUT2D eigenvalue weighted by Gasteiger charge is -2.26. The van der Waals surface area contributed by atoms with E-state index in [1.165, 1.54) is 0 Å².